The van der Waals surface area contributed by atoms with Gasteiger partial charge in [0, 0.05) is 20.6 Å². The van der Waals surface area contributed by atoms with Crippen LogP contribution in [0.5, 0.6) is 0 Å². The quantitative estimate of drug-likeness (QED) is 0.546. The molecule has 2 aliphatic rings. The summed E-state index contributed by atoms with van der Waals surface area (Å²) in [6.45, 7) is -0.383. The zero-order valence-electron chi connectivity index (χ0n) is 14.1. The molecular formula is C19H11BrClFN2O4. The van der Waals surface area contributed by atoms with Gasteiger partial charge in [-0.1, -0.05) is 39.7 Å². The van der Waals surface area contributed by atoms with Crippen LogP contribution in [0.4, 0.5) is 4.39 Å². The molecule has 9 heteroatoms. The molecule has 28 heavy (non-hydrogen) atoms. The molecule has 0 saturated carbocycles. The van der Waals surface area contributed by atoms with E-state index in [1.165, 1.54) is 30.3 Å². The SMILES string of the molecule is O=C1CC2(C(=O)N1)C(=O)N(Cc1ccc(Br)cc1F)C(=O)c1cc(Cl)ccc12. The molecule has 4 rings (SSSR count). The molecule has 1 saturated heterocycles. The first-order chi connectivity index (χ1) is 13.2. The largest absolute Gasteiger partial charge is 0.295 e. The van der Waals surface area contributed by atoms with E-state index < -0.39 is 41.3 Å². The Labute approximate surface area is 171 Å². The van der Waals surface area contributed by atoms with Crippen LogP contribution in [0.1, 0.15) is 27.9 Å². The fourth-order valence-corrected chi connectivity index (χ4v) is 4.11. The number of amides is 4. The van der Waals surface area contributed by atoms with Gasteiger partial charge >= 0.3 is 0 Å². The number of carbonyl (C=O) groups excluding carboxylic acids is 4. The van der Waals surface area contributed by atoms with Crippen molar-refractivity contribution in [1.82, 2.24) is 10.2 Å². The van der Waals surface area contributed by atoms with E-state index in [1.807, 2.05) is 0 Å². The van der Waals surface area contributed by atoms with Crippen LogP contribution in [0.2, 0.25) is 5.02 Å². The van der Waals surface area contributed by atoms with E-state index in [2.05, 4.69) is 21.2 Å². The van der Waals surface area contributed by atoms with Crippen LogP contribution in [0.3, 0.4) is 0 Å². The van der Waals surface area contributed by atoms with Gasteiger partial charge in [0.1, 0.15) is 5.82 Å². The molecule has 2 aromatic rings. The lowest BCUT2D eigenvalue weighted by Crippen LogP contribution is -2.57. The topological polar surface area (TPSA) is 83.6 Å². The highest BCUT2D eigenvalue weighted by atomic mass is 79.9. The standard InChI is InChI=1S/C19H11BrClFN2O4/c20-10-2-1-9(14(22)5-10)8-24-16(26)12-6-11(21)3-4-13(12)19(18(24)28)7-15(25)23-17(19)27/h1-6H,7-8H2,(H,23,25,27). The van der Waals surface area contributed by atoms with Gasteiger partial charge in [0.15, 0.2) is 5.41 Å². The van der Waals surface area contributed by atoms with E-state index in [0.717, 1.165) is 4.90 Å². The zero-order valence-corrected chi connectivity index (χ0v) is 16.4. The summed E-state index contributed by atoms with van der Waals surface area (Å²) in [6, 6.07) is 8.41. The summed E-state index contributed by atoms with van der Waals surface area (Å²) in [5.74, 6) is -3.61. The van der Waals surface area contributed by atoms with Crippen molar-refractivity contribution < 1.29 is 23.6 Å². The number of nitrogens with zero attached hydrogens (tertiary/aromatic N) is 1. The Hall–Kier alpha value is -2.58. The summed E-state index contributed by atoms with van der Waals surface area (Å²) in [5.41, 5.74) is -1.61. The van der Waals surface area contributed by atoms with Gasteiger partial charge in [-0.25, -0.2) is 4.39 Å². The maximum atomic E-state index is 14.3. The monoisotopic (exact) mass is 464 g/mol. The number of rotatable bonds is 2. The number of imide groups is 2. The number of halogens is 3. The van der Waals surface area contributed by atoms with Gasteiger partial charge in [0.2, 0.25) is 11.8 Å². The first-order valence-corrected chi connectivity index (χ1v) is 9.35. The van der Waals surface area contributed by atoms with Crippen molar-refractivity contribution in [3.05, 3.63) is 68.4 Å². The second kappa shape index (κ2) is 6.49. The Kier molecular flexibility index (Phi) is 4.35. The van der Waals surface area contributed by atoms with Crippen LogP contribution < -0.4 is 5.32 Å². The molecule has 6 nitrogen and oxygen atoms in total. The first kappa shape index (κ1) is 18.8. The lowest BCUT2D eigenvalue weighted by atomic mass is 9.72. The minimum Gasteiger partial charge on any atom is -0.295 e. The molecule has 1 unspecified atom stereocenters. The maximum absolute atomic E-state index is 14.3. The summed E-state index contributed by atoms with van der Waals surface area (Å²) < 4.78 is 14.8. The van der Waals surface area contributed by atoms with Gasteiger partial charge in [-0.15, -0.1) is 0 Å². The second-order valence-electron chi connectivity index (χ2n) is 6.58. The molecule has 4 amide bonds. The van der Waals surface area contributed by atoms with E-state index in [0.29, 0.717) is 4.47 Å². The number of carbonyl (C=O) groups is 4. The molecule has 1 spiro atoms. The Morgan fingerprint density at radius 2 is 1.89 bits per heavy atom. The fraction of sp³-hybridized carbons (Fsp3) is 0.158. The molecule has 1 fully saturated rings. The lowest BCUT2D eigenvalue weighted by molar-refractivity contribution is -0.142. The van der Waals surface area contributed by atoms with E-state index in [1.54, 1.807) is 6.07 Å². The average molecular weight is 466 g/mol. The van der Waals surface area contributed by atoms with E-state index in [-0.39, 0.29) is 28.3 Å². The van der Waals surface area contributed by atoms with Crippen LogP contribution in [0.15, 0.2) is 40.9 Å². The fourth-order valence-electron chi connectivity index (χ4n) is 3.60. The summed E-state index contributed by atoms with van der Waals surface area (Å²) >= 11 is 9.15. The van der Waals surface area contributed by atoms with Gasteiger partial charge in [-0.2, -0.15) is 0 Å². The van der Waals surface area contributed by atoms with Gasteiger partial charge < -0.3 is 0 Å². The highest BCUT2D eigenvalue weighted by Gasteiger charge is 2.60. The predicted octanol–water partition coefficient (Wildman–Crippen LogP) is 2.71. The highest BCUT2D eigenvalue weighted by molar-refractivity contribution is 9.10. The van der Waals surface area contributed by atoms with Crippen LogP contribution >= 0.6 is 27.5 Å². The molecule has 142 valence electrons. The van der Waals surface area contributed by atoms with Crippen molar-refractivity contribution in [3.63, 3.8) is 0 Å². The van der Waals surface area contributed by atoms with Gasteiger partial charge in [-0.3, -0.25) is 29.4 Å². The van der Waals surface area contributed by atoms with Crippen molar-refractivity contribution in [1.29, 1.82) is 0 Å². The maximum Gasteiger partial charge on any atom is 0.261 e. The predicted molar refractivity (Wildman–Crippen MR) is 99.9 cm³/mol. The third-order valence-corrected chi connectivity index (χ3v) is 5.67. The lowest BCUT2D eigenvalue weighted by Gasteiger charge is -2.37. The third-order valence-electron chi connectivity index (χ3n) is 4.94. The number of benzene rings is 2. The van der Waals surface area contributed by atoms with Crippen LogP contribution in [-0.2, 0) is 26.3 Å². The summed E-state index contributed by atoms with van der Waals surface area (Å²) in [4.78, 5) is 51.6. The van der Waals surface area contributed by atoms with E-state index >= 15 is 0 Å². The minimum atomic E-state index is -1.86. The average Bonchev–Trinajstić information content (AvgIpc) is 2.93. The number of hydrogen-bond acceptors (Lipinski definition) is 4. The molecule has 2 aromatic carbocycles. The van der Waals surface area contributed by atoms with Crippen LogP contribution in [0.25, 0.3) is 0 Å². The zero-order chi connectivity index (χ0) is 20.2. The Balaban J connectivity index is 1.87. The summed E-state index contributed by atoms with van der Waals surface area (Å²) in [6.07, 6.45) is -0.425. The highest BCUT2D eigenvalue weighted by Crippen LogP contribution is 2.42. The molecule has 0 aliphatic carbocycles. The van der Waals surface area contributed by atoms with Crippen molar-refractivity contribution in [2.75, 3.05) is 0 Å². The van der Waals surface area contributed by atoms with Gasteiger partial charge in [0.25, 0.3) is 11.8 Å². The Morgan fingerprint density at radius 1 is 1.14 bits per heavy atom. The van der Waals surface area contributed by atoms with Crippen LogP contribution in [0, 0.1) is 5.82 Å². The van der Waals surface area contributed by atoms with Gasteiger partial charge in [0.05, 0.1) is 13.0 Å². The molecule has 0 aromatic heterocycles. The summed E-state index contributed by atoms with van der Waals surface area (Å²) in [7, 11) is 0. The molecule has 0 bridgehead atoms. The number of nitrogens with one attached hydrogen (secondary N) is 1. The molecule has 0 radical (unpaired) electrons. The number of fused-ring (bicyclic) bond motifs is 2. The van der Waals surface area contributed by atoms with Crippen LogP contribution in [-0.4, -0.2) is 28.5 Å². The molecular weight excluding hydrogens is 455 g/mol. The van der Waals surface area contributed by atoms with E-state index in [4.69, 9.17) is 11.6 Å². The summed E-state index contributed by atoms with van der Waals surface area (Å²) in [5, 5.41) is 2.36. The molecule has 1 atom stereocenters. The molecule has 2 aliphatic heterocycles. The Morgan fingerprint density at radius 3 is 2.54 bits per heavy atom. The third kappa shape index (κ3) is 2.67. The first-order valence-electron chi connectivity index (χ1n) is 8.18. The number of hydrogen-bond donors (Lipinski definition) is 1. The Bertz CT molecular complexity index is 1090. The minimum absolute atomic E-state index is 0.0365. The normalized spacial score (nSPS) is 21.3. The van der Waals surface area contributed by atoms with Crippen molar-refractivity contribution in [2.24, 2.45) is 0 Å². The van der Waals surface area contributed by atoms with Crippen molar-refractivity contribution in [3.8, 4) is 0 Å². The van der Waals surface area contributed by atoms with Crippen molar-refractivity contribution in [2.45, 2.75) is 18.4 Å². The van der Waals surface area contributed by atoms with Gasteiger partial charge in [-0.05, 0) is 29.8 Å². The molecule has 1 N–H and O–H groups in total. The smallest absolute Gasteiger partial charge is 0.261 e. The molecule has 2 heterocycles. The van der Waals surface area contributed by atoms with E-state index in [9.17, 15) is 23.6 Å². The van der Waals surface area contributed by atoms with Crippen molar-refractivity contribution >= 4 is 51.2 Å². The second-order valence-corrected chi connectivity index (χ2v) is 7.93.